The number of carbonyl (C=O) groups excluding carboxylic acids is 2. The van der Waals surface area contributed by atoms with E-state index in [0.29, 0.717) is 34.4 Å². The van der Waals surface area contributed by atoms with Gasteiger partial charge in [-0.25, -0.2) is 10.9 Å². The molecule has 0 saturated carbocycles. The van der Waals surface area contributed by atoms with Crippen molar-refractivity contribution in [3.8, 4) is 0 Å². The number of amides is 2. The summed E-state index contributed by atoms with van der Waals surface area (Å²) in [6.45, 7) is 0. The molecule has 138 valence electrons. The maximum absolute atomic E-state index is 11.6. The van der Waals surface area contributed by atoms with E-state index >= 15 is 0 Å². The summed E-state index contributed by atoms with van der Waals surface area (Å²) in [6.07, 6.45) is 4.86. The first-order chi connectivity index (χ1) is 12.5. The van der Waals surface area contributed by atoms with Crippen LogP contribution < -0.4 is 10.9 Å². The molecule has 0 atom stereocenters. The molecule has 2 aromatic heterocycles. The van der Waals surface area contributed by atoms with Crippen LogP contribution in [0.25, 0.3) is 0 Å². The van der Waals surface area contributed by atoms with E-state index in [1.165, 1.54) is 22.7 Å². The molecular weight excluding hydrogens is 415 g/mol. The van der Waals surface area contributed by atoms with E-state index in [2.05, 4.69) is 21.1 Å². The highest BCUT2D eigenvalue weighted by Gasteiger charge is 2.03. The number of rotatable bonds is 9. The van der Waals surface area contributed by atoms with E-state index in [-0.39, 0.29) is 11.8 Å². The molecule has 0 bridgehead atoms. The maximum atomic E-state index is 11.6. The number of nitrogens with one attached hydrogen (secondary N) is 2. The highest BCUT2D eigenvalue weighted by molar-refractivity contribution is 7.18. The Labute approximate surface area is 168 Å². The van der Waals surface area contributed by atoms with E-state index in [1.807, 2.05) is 12.1 Å². The number of hydrazone groups is 2. The molecule has 0 spiro atoms. The van der Waals surface area contributed by atoms with Gasteiger partial charge in [-0.1, -0.05) is 23.2 Å². The Morgan fingerprint density at radius 2 is 1.27 bits per heavy atom. The fraction of sp³-hybridized carbons (Fsp3) is 0.250. The van der Waals surface area contributed by atoms with Gasteiger partial charge in [-0.2, -0.15) is 10.2 Å². The summed E-state index contributed by atoms with van der Waals surface area (Å²) < 4.78 is 1.33. The first-order valence-electron chi connectivity index (χ1n) is 7.67. The van der Waals surface area contributed by atoms with Crippen LogP contribution in [-0.4, -0.2) is 24.2 Å². The first kappa shape index (κ1) is 20.6. The average molecular weight is 431 g/mol. The van der Waals surface area contributed by atoms with E-state index in [9.17, 15) is 9.59 Å². The number of carbonyl (C=O) groups is 2. The van der Waals surface area contributed by atoms with Crippen LogP contribution in [-0.2, 0) is 9.59 Å². The van der Waals surface area contributed by atoms with E-state index in [0.717, 1.165) is 9.75 Å². The molecule has 0 saturated heterocycles. The van der Waals surface area contributed by atoms with Gasteiger partial charge in [0.25, 0.3) is 0 Å². The molecule has 0 aliphatic rings. The molecule has 6 nitrogen and oxygen atoms in total. The summed E-state index contributed by atoms with van der Waals surface area (Å²) in [5.74, 6) is -0.395. The molecule has 26 heavy (non-hydrogen) atoms. The zero-order chi connectivity index (χ0) is 18.8. The van der Waals surface area contributed by atoms with Crippen LogP contribution in [0.2, 0.25) is 8.67 Å². The second-order valence-electron chi connectivity index (χ2n) is 5.08. The Morgan fingerprint density at radius 3 is 1.62 bits per heavy atom. The molecule has 2 aromatic rings. The summed E-state index contributed by atoms with van der Waals surface area (Å²) >= 11 is 14.3. The minimum Gasteiger partial charge on any atom is -0.273 e. The summed E-state index contributed by atoms with van der Waals surface area (Å²) in [5, 5.41) is 7.72. The van der Waals surface area contributed by atoms with Crippen molar-refractivity contribution >= 4 is 70.1 Å². The second-order valence-corrected chi connectivity index (χ2v) is 8.57. The lowest BCUT2D eigenvalue weighted by Crippen LogP contribution is -2.18. The lowest BCUT2D eigenvalue weighted by molar-refractivity contribution is -0.123. The van der Waals surface area contributed by atoms with Gasteiger partial charge in [0.1, 0.15) is 0 Å². The molecule has 0 fully saturated rings. The lowest BCUT2D eigenvalue weighted by atomic mass is 10.2. The Kier molecular flexibility index (Phi) is 8.76. The molecule has 0 aliphatic carbocycles. The molecular formula is C16H16Cl2N4O2S2. The van der Waals surface area contributed by atoms with Crippen LogP contribution >= 0.6 is 45.9 Å². The predicted octanol–water partition coefficient (Wildman–Crippen LogP) is 4.28. The molecule has 0 aromatic carbocycles. The van der Waals surface area contributed by atoms with E-state index < -0.39 is 0 Å². The van der Waals surface area contributed by atoms with Crippen molar-refractivity contribution < 1.29 is 9.59 Å². The van der Waals surface area contributed by atoms with Gasteiger partial charge in [0, 0.05) is 22.6 Å². The Morgan fingerprint density at radius 1 is 0.846 bits per heavy atom. The van der Waals surface area contributed by atoms with Gasteiger partial charge in [-0.15, -0.1) is 22.7 Å². The van der Waals surface area contributed by atoms with Gasteiger partial charge < -0.3 is 0 Å². The molecule has 10 heteroatoms. The Hall–Kier alpha value is -1.74. The zero-order valence-electron chi connectivity index (χ0n) is 13.6. The highest BCUT2D eigenvalue weighted by Crippen LogP contribution is 2.20. The van der Waals surface area contributed by atoms with Crippen LogP contribution in [0, 0.1) is 0 Å². The zero-order valence-corrected chi connectivity index (χ0v) is 16.7. The van der Waals surface area contributed by atoms with Crippen LogP contribution in [0.4, 0.5) is 0 Å². The molecule has 0 unspecified atom stereocenters. The number of hydrogen-bond donors (Lipinski definition) is 2. The normalized spacial score (nSPS) is 11.3. The maximum Gasteiger partial charge on any atom is 0.240 e. The van der Waals surface area contributed by atoms with Gasteiger partial charge in [-0.3, -0.25) is 9.59 Å². The van der Waals surface area contributed by atoms with Crippen molar-refractivity contribution in [2.24, 2.45) is 10.2 Å². The van der Waals surface area contributed by atoms with Gasteiger partial charge in [0.2, 0.25) is 11.8 Å². The molecule has 0 aliphatic heterocycles. The van der Waals surface area contributed by atoms with Gasteiger partial charge >= 0.3 is 0 Å². The van der Waals surface area contributed by atoms with Crippen LogP contribution in [0.3, 0.4) is 0 Å². The third-order valence-electron chi connectivity index (χ3n) is 3.01. The molecule has 2 amide bonds. The monoisotopic (exact) mass is 430 g/mol. The molecule has 2 N–H and O–H groups in total. The summed E-state index contributed by atoms with van der Waals surface area (Å²) in [4.78, 5) is 25.0. The topological polar surface area (TPSA) is 82.9 Å². The second kappa shape index (κ2) is 11.1. The highest BCUT2D eigenvalue weighted by atomic mass is 35.5. The SMILES string of the molecule is O=C(CCCCC(=O)N/N=C/c1ccc(Cl)s1)N/N=C/c1ccc(Cl)s1. The van der Waals surface area contributed by atoms with E-state index in [1.54, 1.807) is 24.6 Å². The predicted molar refractivity (Wildman–Crippen MR) is 109 cm³/mol. The van der Waals surface area contributed by atoms with Gasteiger partial charge in [0.05, 0.1) is 21.1 Å². The standard InChI is InChI=1S/C16H16Cl2N4O2S2/c17-13-7-5-11(25-13)9-19-21-15(23)3-1-2-4-16(24)22-20-10-12-6-8-14(18)26-12/h5-10H,1-4H2,(H,21,23)(H,22,24)/b19-9+,20-10+. The van der Waals surface area contributed by atoms with Gasteiger partial charge in [0.15, 0.2) is 0 Å². The van der Waals surface area contributed by atoms with Crippen molar-refractivity contribution in [1.82, 2.24) is 10.9 Å². The minimum atomic E-state index is -0.197. The van der Waals surface area contributed by atoms with Crippen LogP contribution in [0.5, 0.6) is 0 Å². The van der Waals surface area contributed by atoms with Crippen LogP contribution in [0.1, 0.15) is 35.4 Å². The van der Waals surface area contributed by atoms with Gasteiger partial charge in [-0.05, 0) is 37.1 Å². The van der Waals surface area contributed by atoms with Crippen molar-refractivity contribution in [3.63, 3.8) is 0 Å². The first-order valence-corrected chi connectivity index (χ1v) is 10.1. The van der Waals surface area contributed by atoms with Crippen molar-refractivity contribution in [3.05, 3.63) is 42.7 Å². The third kappa shape index (κ3) is 8.09. The summed E-state index contributed by atoms with van der Waals surface area (Å²) in [5.41, 5.74) is 4.89. The van der Waals surface area contributed by atoms with Crippen molar-refractivity contribution in [2.75, 3.05) is 0 Å². The number of halogens is 2. The smallest absolute Gasteiger partial charge is 0.240 e. The minimum absolute atomic E-state index is 0.197. The summed E-state index contributed by atoms with van der Waals surface area (Å²) in [7, 11) is 0. The average Bonchev–Trinajstić information content (AvgIpc) is 3.20. The quantitative estimate of drug-likeness (QED) is 0.353. The van der Waals surface area contributed by atoms with Crippen molar-refractivity contribution in [2.45, 2.75) is 25.7 Å². The Balaban J connectivity index is 1.54. The number of thiophene rings is 2. The number of hydrogen-bond acceptors (Lipinski definition) is 6. The van der Waals surface area contributed by atoms with Crippen LogP contribution in [0.15, 0.2) is 34.5 Å². The number of nitrogens with zero attached hydrogens (tertiary/aromatic N) is 2. The van der Waals surface area contributed by atoms with Crippen molar-refractivity contribution in [1.29, 1.82) is 0 Å². The fourth-order valence-corrected chi connectivity index (χ4v) is 3.68. The molecule has 2 heterocycles. The Bertz CT molecular complexity index is 736. The summed E-state index contributed by atoms with van der Waals surface area (Å²) in [6, 6.07) is 7.16. The number of unbranched alkanes of at least 4 members (excludes halogenated alkanes) is 1. The fourth-order valence-electron chi connectivity index (χ4n) is 1.81. The third-order valence-corrected chi connectivity index (χ3v) is 5.34. The molecule has 0 radical (unpaired) electrons. The molecule has 2 rings (SSSR count). The largest absolute Gasteiger partial charge is 0.273 e. The lowest BCUT2D eigenvalue weighted by Gasteiger charge is -2.00. The van der Waals surface area contributed by atoms with E-state index in [4.69, 9.17) is 23.2 Å².